The fraction of sp³-hybridized carbons (Fsp3) is 0.667. The highest BCUT2D eigenvalue weighted by atomic mass is 16.5. The lowest BCUT2D eigenvalue weighted by molar-refractivity contribution is -0.121. The Kier molecular flexibility index (Phi) is 4.69. The molecule has 0 spiro atoms. The molecule has 3 N–H and O–H groups in total. The van der Waals surface area contributed by atoms with Crippen LogP contribution in [0.4, 0.5) is 0 Å². The molecule has 5 heteroatoms. The maximum absolute atomic E-state index is 11.9. The number of aryl methyl sites for hydroxylation is 2. The van der Waals surface area contributed by atoms with Crippen molar-refractivity contribution in [3.8, 4) is 0 Å². The van der Waals surface area contributed by atoms with Crippen LogP contribution in [-0.4, -0.2) is 23.7 Å². The van der Waals surface area contributed by atoms with Crippen molar-refractivity contribution >= 4 is 5.91 Å². The van der Waals surface area contributed by atoms with Crippen LogP contribution >= 0.6 is 0 Å². The van der Waals surface area contributed by atoms with Gasteiger partial charge in [0.1, 0.15) is 5.76 Å². The number of nitrogens with two attached hydrogens (primary N) is 1. The van der Waals surface area contributed by atoms with Crippen molar-refractivity contribution in [3.05, 3.63) is 17.0 Å². The summed E-state index contributed by atoms with van der Waals surface area (Å²) in [6.45, 7) is 8.17. The summed E-state index contributed by atoms with van der Waals surface area (Å²) < 4.78 is 5.02. The van der Waals surface area contributed by atoms with E-state index in [9.17, 15) is 4.79 Å². The number of aromatic nitrogens is 1. The monoisotopic (exact) mass is 239 g/mol. The predicted octanol–water partition coefficient (Wildman–Crippen LogP) is 0.933. The highest BCUT2D eigenvalue weighted by molar-refractivity contribution is 5.79. The Morgan fingerprint density at radius 2 is 2.12 bits per heavy atom. The normalized spacial score (nSPS) is 12.8. The van der Waals surface area contributed by atoms with E-state index in [2.05, 4.69) is 10.5 Å². The second-order valence-electron chi connectivity index (χ2n) is 4.63. The predicted molar refractivity (Wildman–Crippen MR) is 65.5 cm³/mol. The van der Waals surface area contributed by atoms with Gasteiger partial charge in [-0.1, -0.05) is 19.0 Å². The Bertz CT molecular complexity index is 366. The van der Waals surface area contributed by atoms with Crippen molar-refractivity contribution in [2.24, 2.45) is 11.7 Å². The van der Waals surface area contributed by atoms with Gasteiger partial charge in [0.05, 0.1) is 12.1 Å². The Morgan fingerprint density at radius 1 is 1.47 bits per heavy atom. The van der Waals surface area contributed by atoms with Crippen LogP contribution in [-0.2, 0) is 11.2 Å². The highest BCUT2D eigenvalue weighted by Gasteiger charge is 2.17. The van der Waals surface area contributed by atoms with E-state index in [1.807, 2.05) is 27.7 Å². The summed E-state index contributed by atoms with van der Waals surface area (Å²) >= 11 is 0. The first-order valence-electron chi connectivity index (χ1n) is 5.86. The van der Waals surface area contributed by atoms with Gasteiger partial charge in [-0.3, -0.25) is 4.79 Å². The minimum Gasteiger partial charge on any atom is -0.361 e. The lowest BCUT2D eigenvalue weighted by Crippen LogP contribution is -2.44. The van der Waals surface area contributed by atoms with Crippen LogP contribution in [0.1, 0.15) is 30.9 Å². The molecule has 1 unspecified atom stereocenters. The summed E-state index contributed by atoms with van der Waals surface area (Å²) in [4.78, 5) is 11.9. The molecule has 17 heavy (non-hydrogen) atoms. The van der Waals surface area contributed by atoms with Gasteiger partial charge in [0.2, 0.25) is 5.91 Å². The quantitative estimate of drug-likeness (QED) is 0.801. The number of hydrogen-bond acceptors (Lipinski definition) is 4. The summed E-state index contributed by atoms with van der Waals surface area (Å²) in [5.74, 6) is 0.990. The number of amides is 1. The first-order valence-corrected chi connectivity index (χ1v) is 5.86. The zero-order valence-electron chi connectivity index (χ0n) is 10.9. The lowest BCUT2D eigenvalue weighted by atomic mass is 10.0. The van der Waals surface area contributed by atoms with Gasteiger partial charge in [0, 0.05) is 18.2 Å². The summed E-state index contributed by atoms with van der Waals surface area (Å²) in [5.41, 5.74) is 7.24. The molecule has 0 aromatic carbocycles. The van der Waals surface area contributed by atoms with E-state index in [4.69, 9.17) is 10.3 Å². The van der Waals surface area contributed by atoms with E-state index < -0.39 is 0 Å². The molecular weight excluding hydrogens is 218 g/mol. The van der Waals surface area contributed by atoms with Gasteiger partial charge in [-0.05, 0) is 19.8 Å². The molecule has 5 nitrogen and oxygen atoms in total. The molecule has 96 valence electrons. The Morgan fingerprint density at radius 3 is 2.53 bits per heavy atom. The van der Waals surface area contributed by atoms with Gasteiger partial charge in [-0.15, -0.1) is 0 Å². The van der Waals surface area contributed by atoms with E-state index in [1.165, 1.54) is 0 Å². The van der Waals surface area contributed by atoms with Crippen molar-refractivity contribution in [2.75, 3.05) is 6.54 Å². The number of nitrogens with zero attached hydrogens (tertiary/aromatic N) is 1. The molecule has 0 saturated heterocycles. The minimum atomic E-state index is -0.0384. The molecule has 0 aliphatic carbocycles. The Balaban J connectivity index is 2.61. The van der Waals surface area contributed by atoms with Gasteiger partial charge in [-0.25, -0.2) is 0 Å². The summed E-state index contributed by atoms with van der Waals surface area (Å²) in [6.07, 6.45) is 0.296. The van der Waals surface area contributed by atoms with Crippen LogP contribution in [0.3, 0.4) is 0 Å². The molecule has 0 aliphatic rings. The third-order valence-electron chi connectivity index (χ3n) is 2.92. The fourth-order valence-electron chi connectivity index (χ4n) is 1.67. The van der Waals surface area contributed by atoms with Crippen LogP contribution in [0.5, 0.6) is 0 Å². The zero-order chi connectivity index (χ0) is 13.0. The molecule has 1 aromatic rings. The highest BCUT2D eigenvalue weighted by Crippen LogP contribution is 2.13. The van der Waals surface area contributed by atoms with Crippen molar-refractivity contribution in [3.63, 3.8) is 0 Å². The van der Waals surface area contributed by atoms with Gasteiger partial charge < -0.3 is 15.6 Å². The largest absolute Gasteiger partial charge is 0.361 e. The van der Waals surface area contributed by atoms with Gasteiger partial charge in [0.25, 0.3) is 0 Å². The zero-order valence-corrected chi connectivity index (χ0v) is 10.9. The van der Waals surface area contributed by atoms with E-state index in [0.29, 0.717) is 24.6 Å². The van der Waals surface area contributed by atoms with Crippen LogP contribution in [0.25, 0.3) is 0 Å². The van der Waals surface area contributed by atoms with Crippen molar-refractivity contribution in [1.29, 1.82) is 0 Å². The number of rotatable bonds is 5. The second-order valence-corrected chi connectivity index (χ2v) is 4.63. The number of carbonyl (C=O) groups is 1. The molecule has 0 saturated carbocycles. The van der Waals surface area contributed by atoms with Gasteiger partial charge in [-0.2, -0.15) is 0 Å². The molecule has 1 atom stereocenters. The van der Waals surface area contributed by atoms with Crippen molar-refractivity contribution < 1.29 is 9.32 Å². The summed E-state index contributed by atoms with van der Waals surface area (Å²) in [6, 6.07) is 0.0166. The SMILES string of the molecule is Cc1noc(C)c1CC(=O)NC(CN)C(C)C. The minimum absolute atomic E-state index is 0.0166. The van der Waals surface area contributed by atoms with E-state index in [0.717, 1.165) is 11.3 Å². The molecule has 1 heterocycles. The van der Waals surface area contributed by atoms with E-state index in [1.54, 1.807) is 0 Å². The maximum atomic E-state index is 11.9. The number of nitrogens with one attached hydrogen (secondary N) is 1. The molecule has 0 radical (unpaired) electrons. The van der Waals surface area contributed by atoms with Crippen LogP contribution in [0.2, 0.25) is 0 Å². The molecule has 0 bridgehead atoms. The molecular formula is C12H21N3O2. The molecule has 1 rings (SSSR count). The summed E-state index contributed by atoms with van der Waals surface area (Å²) in [5, 5.41) is 6.75. The first-order chi connectivity index (χ1) is 7.95. The lowest BCUT2D eigenvalue weighted by Gasteiger charge is -2.20. The third-order valence-corrected chi connectivity index (χ3v) is 2.92. The van der Waals surface area contributed by atoms with E-state index >= 15 is 0 Å². The maximum Gasteiger partial charge on any atom is 0.224 e. The standard InChI is InChI=1S/C12H21N3O2/c1-7(2)11(6-13)14-12(16)5-10-8(3)15-17-9(10)4/h7,11H,5-6,13H2,1-4H3,(H,14,16). The first kappa shape index (κ1) is 13.7. The summed E-state index contributed by atoms with van der Waals surface area (Å²) in [7, 11) is 0. The fourth-order valence-corrected chi connectivity index (χ4v) is 1.67. The smallest absolute Gasteiger partial charge is 0.224 e. The molecule has 0 aliphatic heterocycles. The van der Waals surface area contributed by atoms with Crippen LogP contribution < -0.4 is 11.1 Å². The molecule has 0 fully saturated rings. The Hall–Kier alpha value is -1.36. The van der Waals surface area contributed by atoms with Crippen LogP contribution in [0.15, 0.2) is 4.52 Å². The number of hydrogen-bond donors (Lipinski definition) is 2. The molecule has 1 amide bonds. The van der Waals surface area contributed by atoms with Crippen LogP contribution in [0, 0.1) is 19.8 Å². The van der Waals surface area contributed by atoms with Gasteiger partial charge >= 0.3 is 0 Å². The molecule has 1 aromatic heterocycles. The van der Waals surface area contributed by atoms with Crippen molar-refractivity contribution in [1.82, 2.24) is 10.5 Å². The second kappa shape index (κ2) is 5.82. The average Bonchev–Trinajstić information content (AvgIpc) is 2.57. The Labute approximate surface area is 102 Å². The topological polar surface area (TPSA) is 81.2 Å². The van der Waals surface area contributed by atoms with Gasteiger partial charge in [0.15, 0.2) is 0 Å². The number of carbonyl (C=O) groups excluding carboxylic acids is 1. The van der Waals surface area contributed by atoms with E-state index in [-0.39, 0.29) is 11.9 Å². The average molecular weight is 239 g/mol. The third kappa shape index (κ3) is 3.56. The van der Waals surface area contributed by atoms with Crippen molar-refractivity contribution in [2.45, 2.75) is 40.2 Å².